The van der Waals surface area contributed by atoms with Gasteiger partial charge in [0.25, 0.3) is 0 Å². The molecule has 5 nitrogen and oxygen atoms in total. The van der Waals surface area contributed by atoms with Crippen LogP contribution in [0.3, 0.4) is 0 Å². The lowest BCUT2D eigenvalue weighted by atomic mass is 9.96. The van der Waals surface area contributed by atoms with E-state index in [0.717, 1.165) is 5.69 Å². The van der Waals surface area contributed by atoms with Crippen LogP contribution in [0.15, 0.2) is 29.8 Å². The zero-order valence-electron chi connectivity index (χ0n) is 15.5. The molecule has 0 fully saturated rings. The largest absolute Gasteiger partial charge is 0.491 e. The maximum Gasteiger partial charge on any atom is 0.155 e. The molecule has 0 atom stereocenters. The van der Waals surface area contributed by atoms with Crippen molar-refractivity contribution in [1.29, 1.82) is 0 Å². The summed E-state index contributed by atoms with van der Waals surface area (Å²) in [5.74, 6) is 0.406. The number of aliphatic hydroxyl groups excluding tert-OH is 1. The third-order valence-corrected chi connectivity index (χ3v) is 4.09. The van der Waals surface area contributed by atoms with Crippen molar-refractivity contribution in [1.82, 2.24) is 0 Å². The summed E-state index contributed by atoms with van der Waals surface area (Å²) >= 11 is 5.39. The predicted octanol–water partition coefficient (Wildman–Crippen LogP) is 3.91. The number of Topliss-reactive ketones (excluding diaryl/α,β-unsaturated/α-hetero) is 1. The summed E-state index contributed by atoms with van der Waals surface area (Å²) in [6.45, 7) is 12.8. The van der Waals surface area contributed by atoms with Gasteiger partial charge < -0.3 is 14.7 Å². The van der Waals surface area contributed by atoms with E-state index in [1.165, 1.54) is 0 Å². The number of thiocarbonyl (C=S) groups is 1. The Morgan fingerprint density at radius 2 is 2.08 bits per heavy atom. The second kappa shape index (κ2) is 8.87. The van der Waals surface area contributed by atoms with Crippen LogP contribution in [-0.4, -0.2) is 40.8 Å². The fourth-order valence-corrected chi connectivity index (χ4v) is 2.77. The Hall–Kier alpha value is -2.05. The van der Waals surface area contributed by atoms with E-state index in [-0.39, 0.29) is 19.0 Å². The van der Waals surface area contributed by atoms with Crippen molar-refractivity contribution in [2.45, 2.75) is 40.2 Å². The van der Waals surface area contributed by atoms with Gasteiger partial charge in [-0.3, -0.25) is 9.79 Å². The number of rotatable bonds is 8. The van der Waals surface area contributed by atoms with Gasteiger partial charge in [0, 0.05) is 17.5 Å². The van der Waals surface area contributed by atoms with Crippen LogP contribution in [0.25, 0.3) is 5.76 Å². The Kier molecular flexibility index (Phi) is 7.45. The maximum absolute atomic E-state index is 12.1. The van der Waals surface area contributed by atoms with Crippen LogP contribution in [0.2, 0.25) is 0 Å². The first-order valence-electron chi connectivity index (χ1n) is 8.04. The van der Waals surface area contributed by atoms with E-state index in [2.05, 4.69) is 11.6 Å². The van der Waals surface area contributed by atoms with Gasteiger partial charge in [-0.05, 0) is 52.8 Å². The fourth-order valence-electron chi connectivity index (χ4n) is 2.44. The molecule has 0 saturated heterocycles. The van der Waals surface area contributed by atoms with Gasteiger partial charge in [-0.2, -0.15) is 0 Å². The topological polar surface area (TPSA) is 62.1 Å². The molecule has 0 spiro atoms. The molecule has 0 heterocycles. The van der Waals surface area contributed by atoms with Crippen molar-refractivity contribution in [3.8, 4) is 0 Å². The maximum atomic E-state index is 12.1. The molecule has 25 heavy (non-hydrogen) atoms. The number of aliphatic imine (C=N–C) groups is 1. The van der Waals surface area contributed by atoms with Gasteiger partial charge >= 0.3 is 0 Å². The Morgan fingerprint density at radius 1 is 1.44 bits per heavy atom. The number of hydrogen-bond donors (Lipinski definition) is 1. The molecule has 0 aliphatic heterocycles. The number of nitrogens with zero attached hydrogens (tertiary/aromatic N) is 2. The summed E-state index contributed by atoms with van der Waals surface area (Å²) < 4.78 is 5.46. The number of hydrogen-bond acceptors (Lipinski definition) is 5. The third-order valence-electron chi connectivity index (χ3n) is 3.91. The van der Waals surface area contributed by atoms with Crippen molar-refractivity contribution in [3.05, 3.63) is 30.3 Å². The van der Waals surface area contributed by atoms with E-state index in [1.54, 1.807) is 20.1 Å². The van der Waals surface area contributed by atoms with E-state index in [0.29, 0.717) is 22.0 Å². The van der Waals surface area contributed by atoms with Crippen LogP contribution in [0.1, 0.15) is 40.2 Å². The molecular formula is C19H26N2O3S. The standard InChI is InChI=1S/C19H26N2O3S/c1-7-20-18-9-8-16(12-17(18)13(2)24-11-10-22)21(15(4)25)19(5,6)14(3)23/h7-9,12,22H,2,10-11H2,1,3-6H3. The summed E-state index contributed by atoms with van der Waals surface area (Å²) in [5, 5.41) is 8.96. The highest BCUT2D eigenvalue weighted by Gasteiger charge is 2.33. The van der Waals surface area contributed by atoms with Crippen molar-refractivity contribution < 1.29 is 14.6 Å². The van der Waals surface area contributed by atoms with Gasteiger partial charge in [0.2, 0.25) is 0 Å². The molecule has 6 heteroatoms. The molecule has 1 rings (SSSR count). The van der Waals surface area contributed by atoms with Crippen LogP contribution in [-0.2, 0) is 9.53 Å². The smallest absolute Gasteiger partial charge is 0.155 e. The molecule has 0 amide bonds. The van der Waals surface area contributed by atoms with Crippen LogP contribution in [0.4, 0.5) is 11.4 Å². The van der Waals surface area contributed by atoms with Crippen molar-refractivity contribution >= 4 is 46.3 Å². The Bertz CT molecular complexity index is 696. The molecule has 0 radical (unpaired) electrons. The minimum Gasteiger partial charge on any atom is -0.491 e. The van der Waals surface area contributed by atoms with Crippen LogP contribution >= 0.6 is 12.2 Å². The van der Waals surface area contributed by atoms with Gasteiger partial charge in [0.15, 0.2) is 5.78 Å². The molecule has 0 aliphatic carbocycles. The highest BCUT2D eigenvalue weighted by atomic mass is 32.1. The zero-order chi connectivity index (χ0) is 19.2. The van der Waals surface area contributed by atoms with Crippen LogP contribution in [0, 0.1) is 0 Å². The number of aliphatic hydroxyl groups is 1. The summed E-state index contributed by atoms with van der Waals surface area (Å²) in [7, 11) is 0. The highest BCUT2D eigenvalue weighted by molar-refractivity contribution is 7.80. The first-order chi connectivity index (χ1) is 11.7. The van der Waals surface area contributed by atoms with Gasteiger partial charge in [-0.15, -0.1) is 0 Å². The fraction of sp³-hybridized carbons (Fsp3) is 0.421. The second-order valence-electron chi connectivity index (χ2n) is 6.05. The lowest BCUT2D eigenvalue weighted by Gasteiger charge is -2.38. The molecule has 0 aromatic heterocycles. The molecular weight excluding hydrogens is 336 g/mol. The molecule has 0 saturated carbocycles. The van der Waals surface area contributed by atoms with E-state index < -0.39 is 5.54 Å². The number of ether oxygens (including phenoxy) is 1. The number of ketones is 1. The molecule has 1 aromatic rings. The van der Waals surface area contributed by atoms with Crippen molar-refractivity contribution in [3.63, 3.8) is 0 Å². The van der Waals surface area contributed by atoms with Gasteiger partial charge in [0.1, 0.15) is 12.4 Å². The first kappa shape index (κ1) is 21.0. The average molecular weight is 362 g/mol. The van der Waals surface area contributed by atoms with Gasteiger partial charge in [-0.1, -0.05) is 18.8 Å². The normalized spacial score (nSPS) is 11.4. The third kappa shape index (κ3) is 4.96. The molecule has 1 aromatic carbocycles. The highest BCUT2D eigenvalue weighted by Crippen LogP contribution is 2.34. The Labute approximate surface area is 155 Å². The monoisotopic (exact) mass is 362 g/mol. The zero-order valence-corrected chi connectivity index (χ0v) is 16.3. The number of carbonyl (C=O) groups excluding carboxylic acids is 1. The van der Waals surface area contributed by atoms with E-state index in [4.69, 9.17) is 22.1 Å². The van der Waals surface area contributed by atoms with E-state index in [1.807, 2.05) is 43.9 Å². The van der Waals surface area contributed by atoms with Gasteiger partial charge in [-0.25, -0.2) is 0 Å². The predicted molar refractivity (Wildman–Crippen MR) is 108 cm³/mol. The van der Waals surface area contributed by atoms with Crippen molar-refractivity contribution in [2.24, 2.45) is 4.99 Å². The number of benzene rings is 1. The minimum atomic E-state index is -0.786. The summed E-state index contributed by atoms with van der Waals surface area (Å²) in [6, 6.07) is 5.55. The summed E-state index contributed by atoms with van der Waals surface area (Å²) in [5.41, 5.74) is 1.35. The number of anilines is 1. The molecule has 0 unspecified atom stereocenters. The lowest BCUT2D eigenvalue weighted by molar-refractivity contribution is -0.120. The number of carbonyl (C=O) groups is 1. The first-order valence-corrected chi connectivity index (χ1v) is 8.45. The minimum absolute atomic E-state index is 0.00395. The van der Waals surface area contributed by atoms with Crippen LogP contribution in [0.5, 0.6) is 0 Å². The lowest BCUT2D eigenvalue weighted by Crippen LogP contribution is -2.51. The molecule has 1 N–H and O–H groups in total. The molecule has 0 aliphatic rings. The molecule has 136 valence electrons. The van der Waals surface area contributed by atoms with Crippen molar-refractivity contribution in [2.75, 3.05) is 18.1 Å². The van der Waals surface area contributed by atoms with E-state index >= 15 is 0 Å². The average Bonchev–Trinajstić information content (AvgIpc) is 2.53. The second-order valence-corrected chi connectivity index (χ2v) is 6.64. The van der Waals surface area contributed by atoms with E-state index in [9.17, 15) is 4.79 Å². The Morgan fingerprint density at radius 3 is 2.56 bits per heavy atom. The molecule has 0 bridgehead atoms. The summed E-state index contributed by atoms with van der Waals surface area (Å²) in [6.07, 6.45) is 1.68. The Balaban J connectivity index is 3.47. The SMILES string of the molecule is C=C(OCCO)c1cc(N(C(C)=S)C(C)(C)C(C)=O)ccc1N=CC. The quantitative estimate of drug-likeness (QED) is 0.432. The van der Waals surface area contributed by atoms with Crippen LogP contribution < -0.4 is 4.90 Å². The van der Waals surface area contributed by atoms with Gasteiger partial charge in [0.05, 0.1) is 22.8 Å². The summed E-state index contributed by atoms with van der Waals surface area (Å²) in [4.78, 5) is 18.8.